The minimum atomic E-state index is -0.444. The van der Waals surface area contributed by atoms with E-state index in [1.165, 1.54) is 18.7 Å². The van der Waals surface area contributed by atoms with Gasteiger partial charge in [-0.05, 0) is 76.9 Å². The second-order valence-corrected chi connectivity index (χ2v) is 8.01. The molecule has 0 bridgehead atoms. The van der Waals surface area contributed by atoms with Crippen molar-refractivity contribution in [2.45, 2.75) is 20.8 Å². The van der Waals surface area contributed by atoms with Gasteiger partial charge in [-0.3, -0.25) is 9.59 Å². The van der Waals surface area contributed by atoms with E-state index in [0.717, 1.165) is 16.8 Å². The van der Waals surface area contributed by atoms with E-state index >= 15 is 0 Å². The normalized spacial score (nSPS) is 16.2. The molecule has 2 aromatic rings. The van der Waals surface area contributed by atoms with Crippen molar-refractivity contribution in [2.75, 3.05) is 6.61 Å². The number of para-hydroxylation sites is 1. The number of ether oxygens (including phenoxy) is 2. The summed E-state index contributed by atoms with van der Waals surface area (Å²) in [6, 6.07) is 11.2. The van der Waals surface area contributed by atoms with Crippen molar-refractivity contribution in [3.05, 3.63) is 56.9 Å². The first kappa shape index (κ1) is 21.1. The third-order valence-electron chi connectivity index (χ3n) is 3.86. The summed E-state index contributed by atoms with van der Waals surface area (Å²) in [6.45, 7) is 5.54. The fraction of sp³-hybridized carbons (Fsp3) is 0.190. The maximum absolute atomic E-state index is 12.4. The van der Waals surface area contributed by atoms with Gasteiger partial charge in [-0.15, -0.1) is 0 Å². The topological polar surface area (TPSA) is 77.0 Å². The summed E-state index contributed by atoms with van der Waals surface area (Å²) >= 11 is 4.67. The van der Waals surface area contributed by atoms with Gasteiger partial charge in [-0.2, -0.15) is 0 Å². The molecule has 1 N–H and O–H groups in total. The summed E-state index contributed by atoms with van der Waals surface area (Å²) in [6.07, 6.45) is 1.74. The maximum Gasteiger partial charge on any atom is 0.308 e. The molecule has 1 amide bonds. The Kier molecular flexibility index (Phi) is 6.76. The number of benzene rings is 2. The van der Waals surface area contributed by atoms with E-state index in [4.69, 9.17) is 9.47 Å². The van der Waals surface area contributed by atoms with Gasteiger partial charge < -0.3 is 14.8 Å². The number of rotatable bonds is 5. The Bertz CT molecular complexity index is 1030. The summed E-state index contributed by atoms with van der Waals surface area (Å²) in [5.41, 5.74) is 2.56. The van der Waals surface area contributed by atoms with Crippen molar-refractivity contribution in [3.8, 4) is 11.5 Å². The van der Waals surface area contributed by atoms with Crippen molar-refractivity contribution < 1.29 is 19.1 Å². The number of aryl methyl sites for hydroxylation is 1. The molecule has 0 spiro atoms. The first-order chi connectivity index (χ1) is 13.9. The second kappa shape index (κ2) is 9.28. The first-order valence-corrected chi connectivity index (χ1v) is 10.5. The number of thioether (sulfide) groups is 1. The minimum Gasteiger partial charge on any atom is -0.490 e. The maximum atomic E-state index is 12.4. The molecule has 1 heterocycles. The zero-order valence-corrected chi connectivity index (χ0v) is 18.5. The van der Waals surface area contributed by atoms with Gasteiger partial charge >= 0.3 is 5.97 Å². The average molecular weight is 475 g/mol. The number of hydrogen-bond donors (Lipinski definition) is 1. The van der Waals surface area contributed by atoms with Gasteiger partial charge in [0, 0.05) is 6.92 Å². The monoisotopic (exact) mass is 474 g/mol. The van der Waals surface area contributed by atoms with Gasteiger partial charge in [0.05, 0.1) is 21.7 Å². The molecule has 150 valence electrons. The summed E-state index contributed by atoms with van der Waals surface area (Å²) < 4.78 is 11.4. The zero-order valence-electron chi connectivity index (χ0n) is 16.1. The van der Waals surface area contributed by atoms with Crippen molar-refractivity contribution in [3.63, 3.8) is 0 Å². The molecule has 0 aromatic heterocycles. The van der Waals surface area contributed by atoms with Crippen molar-refractivity contribution in [1.29, 1.82) is 0 Å². The van der Waals surface area contributed by atoms with Crippen LogP contribution in [0.2, 0.25) is 0 Å². The van der Waals surface area contributed by atoms with Crippen molar-refractivity contribution in [1.82, 2.24) is 5.32 Å². The van der Waals surface area contributed by atoms with E-state index in [9.17, 15) is 9.59 Å². The van der Waals surface area contributed by atoms with Crippen LogP contribution in [0.15, 0.2) is 50.8 Å². The molecule has 8 heteroatoms. The number of amidine groups is 1. The third kappa shape index (κ3) is 5.27. The van der Waals surface area contributed by atoms with Gasteiger partial charge in [0.15, 0.2) is 16.7 Å². The smallest absolute Gasteiger partial charge is 0.308 e. The van der Waals surface area contributed by atoms with E-state index in [0.29, 0.717) is 32.7 Å². The number of aliphatic imine (C=N–C) groups is 1. The average Bonchev–Trinajstić information content (AvgIpc) is 2.99. The molecule has 0 saturated carbocycles. The molecular weight excluding hydrogens is 456 g/mol. The van der Waals surface area contributed by atoms with Crippen LogP contribution in [0, 0.1) is 6.92 Å². The Hall–Kier alpha value is -2.58. The SMILES string of the molecule is CCOc1cc(/C=C2\SC(=Nc3ccccc3C)NC2=O)cc(Br)c1OC(C)=O. The van der Waals surface area contributed by atoms with E-state index in [-0.39, 0.29) is 5.91 Å². The largest absolute Gasteiger partial charge is 0.490 e. The Morgan fingerprint density at radius 1 is 1.31 bits per heavy atom. The Morgan fingerprint density at radius 3 is 2.76 bits per heavy atom. The zero-order chi connectivity index (χ0) is 21.0. The molecule has 1 fully saturated rings. The highest BCUT2D eigenvalue weighted by Crippen LogP contribution is 2.38. The lowest BCUT2D eigenvalue weighted by atomic mass is 10.2. The van der Waals surface area contributed by atoms with Gasteiger partial charge in [0.2, 0.25) is 0 Å². The highest BCUT2D eigenvalue weighted by atomic mass is 79.9. The van der Waals surface area contributed by atoms with Crippen LogP contribution < -0.4 is 14.8 Å². The molecule has 2 aromatic carbocycles. The number of esters is 1. The van der Waals surface area contributed by atoms with Gasteiger partial charge in [0.1, 0.15) is 0 Å². The molecule has 29 heavy (non-hydrogen) atoms. The van der Waals surface area contributed by atoms with Gasteiger partial charge in [-0.1, -0.05) is 18.2 Å². The van der Waals surface area contributed by atoms with Crippen LogP contribution in [0.5, 0.6) is 11.5 Å². The highest BCUT2D eigenvalue weighted by Gasteiger charge is 2.24. The molecule has 0 radical (unpaired) electrons. The number of amides is 1. The molecule has 6 nitrogen and oxygen atoms in total. The first-order valence-electron chi connectivity index (χ1n) is 8.87. The van der Waals surface area contributed by atoms with E-state index in [1.807, 2.05) is 38.1 Å². The number of halogens is 1. The third-order valence-corrected chi connectivity index (χ3v) is 5.36. The summed E-state index contributed by atoms with van der Waals surface area (Å²) in [5, 5.41) is 3.31. The Labute approximate surface area is 181 Å². The van der Waals surface area contributed by atoms with Crippen LogP contribution in [0.1, 0.15) is 25.0 Å². The van der Waals surface area contributed by atoms with E-state index in [1.54, 1.807) is 18.2 Å². The molecule has 1 aliphatic rings. The number of hydrogen-bond acceptors (Lipinski definition) is 6. The van der Waals surface area contributed by atoms with Crippen molar-refractivity contribution in [2.24, 2.45) is 4.99 Å². The van der Waals surface area contributed by atoms with Crippen molar-refractivity contribution >= 4 is 56.5 Å². The van der Waals surface area contributed by atoms with E-state index in [2.05, 4.69) is 26.2 Å². The van der Waals surface area contributed by atoms with Gasteiger partial charge in [-0.25, -0.2) is 4.99 Å². The van der Waals surface area contributed by atoms with Gasteiger partial charge in [0.25, 0.3) is 5.91 Å². The van der Waals surface area contributed by atoms with Crippen LogP contribution in [-0.2, 0) is 9.59 Å². The predicted octanol–water partition coefficient (Wildman–Crippen LogP) is 4.97. The quantitative estimate of drug-likeness (QED) is 0.375. The van der Waals surface area contributed by atoms with Crippen LogP contribution in [-0.4, -0.2) is 23.7 Å². The number of carbonyl (C=O) groups excluding carboxylic acids is 2. The number of carbonyl (C=O) groups is 2. The molecule has 0 aliphatic carbocycles. The second-order valence-electron chi connectivity index (χ2n) is 6.12. The standard InChI is InChI=1S/C21H19BrN2O4S/c1-4-27-17-10-14(9-15(22)19(17)28-13(3)25)11-18-20(26)24-21(29-18)23-16-8-6-5-7-12(16)2/h5-11H,4H2,1-3H3,(H,23,24,26)/b18-11-. The Balaban J connectivity index is 1.90. The minimum absolute atomic E-state index is 0.222. The molecule has 0 atom stereocenters. The highest BCUT2D eigenvalue weighted by molar-refractivity contribution is 9.10. The lowest BCUT2D eigenvalue weighted by molar-refractivity contribution is -0.132. The summed E-state index contributed by atoms with van der Waals surface area (Å²) in [4.78, 5) is 28.8. The molecule has 3 rings (SSSR count). The van der Waals surface area contributed by atoms with Crippen LogP contribution in [0.4, 0.5) is 5.69 Å². The fourth-order valence-corrected chi connectivity index (χ4v) is 3.98. The Morgan fingerprint density at radius 2 is 2.07 bits per heavy atom. The van der Waals surface area contributed by atoms with E-state index < -0.39 is 5.97 Å². The lowest BCUT2D eigenvalue weighted by Gasteiger charge is -2.12. The summed E-state index contributed by atoms with van der Waals surface area (Å²) in [5.74, 6) is 0.0639. The number of nitrogens with zero attached hydrogens (tertiary/aromatic N) is 1. The molecule has 1 saturated heterocycles. The molecule has 0 unspecified atom stereocenters. The number of nitrogens with one attached hydrogen (secondary N) is 1. The van der Waals surface area contributed by atoms with Crippen LogP contribution >= 0.6 is 27.7 Å². The molecular formula is C21H19BrN2O4S. The van der Waals surface area contributed by atoms with Crippen LogP contribution in [0.3, 0.4) is 0 Å². The molecule has 1 aliphatic heterocycles. The summed E-state index contributed by atoms with van der Waals surface area (Å²) in [7, 11) is 0. The van der Waals surface area contributed by atoms with Crippen LogP contribution in [0.25, 0.3) is 6.08 Å². The fourth-order valence-electron chi connectivity index (χ4n) is 2.61. The lowest BCUT2D eigenvalue weighted by Crippen LogP contribution is -2.19. The predicted molar refractivity (Wildman–Crippen MR) is 119 cm³/mol.